The zero-order valence-electron chi connectivity index (χ0n) is 7.08. The number of carbonyl (C=O) groups is 1. The summed E-state index contributed by atoms with van der Waals surface area (Å²) in [5, 5.41) is 9.00. The molecule has 0 radical (unpaired) electrons. The fraction of sp³-hybridized carbons (Fsp3) is 0.250. The molecule has 0 saturated carbocycles. The Labute approximate surface area is 90.6 Å². The largest absolute Gasteiger partial charge is 0.480 e. The molecule has 0 fully saturated rings. The van der Waals surface area contributed by atoms with Gasteiger partial charge in [0.2, 0.25) is 0 Å². The molecule has 4 nitrogen and oxygen atoms in total. The van der Waals surface area contributed by atoms with E-state index in [1.165, 1.54) is 6.20 Å². The van der Waals surface area contributed by atoms with Gasteiger partial charge >= 0.3 is 5.97 Å². The van der Waals surface area contributed by atoms with E-state index < -0.39 is 12.0 Å². The molecule has 1 aromatic heterocycles. The molecule has 1 atom stereocenters. The fourth-order valence-electron chi connectivity index (χ4n) is 0.937. The van der Waals surface area contributed by atoms with Crippen molar-refractivity contribution < 1.29 is 9.90 Å². The van der Waals surface area contributed by atoms with Crippen LogP contribution in [0.5, 0.6) is 0 Å². The standard InChI is InChI=1S/C8H8Cl2N2O2/c9-6-4(1-2-12-7(6)10)3-5(11)8(13)14/h1-2,5H,3,11H2,(H,13,14). The van der Waals surface area contributed by atoms with Gasteiger partial charge in [-0.15, -0.1) is 0 Å². The zero-order valence-corrected chi connectivity index (χ0v) is 8.59. The minimum Gasteiger partial charge on any atom is -0.480 e. The van der Waals surface area contributed by atoms with Gasteiger partial charge in [-0.05, 0) is 18.1 Å². The van der Waals surface area contributed by atoms with Crippen molar-refractivity contribution in [2.75, 3.05) is 0 Å². The van der Waals surface area contributed by atoms with E-state index in [0.717, 1.165) is 0 Å². The van der Waals surface area contributed by atoms with E-state index >= 15 is 0 Å². The Hall–Kier alpha value is -0.840. The summed E-state index contributed by atoms with van der Waals surface area (Å²) in [5.74, 6) is -1.07. The van der Waals surface area contributed by atoms with E-state index in [0.29, 0.717) is 5.56 Å². The third kappa shape index (κ3) is 2.57. The van der Waals surface area contributed by atoms with E-state index in [1.807, 2.05) is 0 Å². The second-order valence-electron chi connectivity index (χ2n) is 2.72. The molecule has 1 rings (SSSR count). The van der Waals surface area contributed by atoms with Crippen LogP contribution in [0.3, 0.4) is 0 Å². The summed E-state index contributed by atoms with van der Waals surface area (Å²) < 4.78 is 0. The van der Waals surface area contributed by atoms with Gasteiger partial charge in [-0.2, -0.15) is 0 Å². The molecule has 0 bridgehead atoms. The van der Waals surface area contributed by atoms with Crippen LogP contribution in [0.1, 0.15) is 5.56 Å². The lowest BCUT2D eigenvalue weighted by Gasteiger charge is -2.08. The van der Waals surface area contributed by atoms with Crippen LogP contribution < -0.4 is 5.73 Å². The average molecular weight is 235 g/mol. The van der Waals surface area contributed by atoms with Crippen LogP contribution in [0, 0.1) is 0 Å². The third-order valence-corrected chi connectivity index (χ3v) is 2.49. The van der Waals surface area contributed by atoms with E-state index in [4.69, 9.17) is 34.0 Å². The number of rotatable bonds is 3. The summed E-state index contributed by atoms with van der Waals surface area (Å²) >= 11 is 11.4. The van der Waals surface area contributed by atoms with Crippen LogP contribution in [0.15, 0.2) is 12.3 Å². The minimum atomic E-state index is -1.07. The number of nitrogens with two attached hydrogens (primary N) is 1. The fourth-order valence-corrected chi connectivity index (χ4v) is 1.30. The van der Waals surface area contributed by atoms with Crippen molar-refractivity contribution in [2.24, 2.45) is 5.73 Å². The van der Waals surface area contributed by atoms with Crippen molar-refractivity contribution in [3.05, 3.63) is 28.0 Å². The van der Waals surface area contributed by atoms with Gasteiger partial charge in [0.15, 0.2) is 0 Å². The summed E-state index contributed by atoms with van der Waals surface area (Å²) in [6.07, 6.45) is 1.59. The zero-order chi connectivity index (χ0) is 10.7. The lowest BCUT2D eigenvalue weighted by Crippen LogP contribution is -2.32. The molecule has 6 heteroatoms. The van der Waals surface area contributed by atoms with E-state index in [1.54, 1.807) is 6.07 Å². The molecule has 0 aliphatic heterocycles. The number of aliphatic carboxylic acids is 1. The Morgan fingerprint density at radius 3 is 2.86 bits per heavy atom. The summed E-state index contributed by atoms with van der Waals surface area (Å²) in [4.78, 5) is 14.2. The normalized spacial score (nSPS) is 12.5. The van der Waals surface area contributed by atoms with Gasteiger partial charge in [-0.25, -0.2) is 4.98 Å². The van der Waals surface area contributed by atoms with Crippen molar-refractivity contribution in [1.82, 2.24) is 4.98 Å². The van der Waals surface area contributed by atoms with E-state index in [9.17, 15) is 4.79 Å². The molecule has 0 amide bonds. The Kier molecular flexibility index (Phi) is 3.69. The number of aromatic nitrogens is 1. The molecule has 1 heterocycles. The quantitative estimate of drug-likeness (QED) is 0.775. The second-order valence-corrected chi connectivity index (χ2v) is 3.46. The Morgan fingerprint density at radius 2 is 2.29 bits per heavy atom. The van der Waals surface area contributed by atoms with Crippen molar-refractivity contribution in [3.63, 3.8) is 0 Å². The van der Waals surface area contributed by atoms with Gasteiger partial charge in [-0.1, -0.05) is 23.2 Å². The maximum Gasteiger partial charge on any atom is 0.320 e. The summed E-state index contributed by atoms with van der Waals surface area (Å²) in [7, 11) is 0. The van der Waals surface area contributed by atoms with Crippen LogP contribution in [0.4, 0.5) is 0 Å². The maximum absolute atomic E-state index is 10.5. The molecule has 0 aromatic carbocycles. The predicted octanol–water partition coefficient (Wildman–Crippen LogP) is 1.34. The minimum absolute atomic E-state index is 0.135. The van der Waals surface area contributed by atoms with Crippen LogP contribution in [-0.4, -0.2) is 22.1 Å². The number of hydrogen-bond acceptors (Lipinski definition) is 3. The molecule has 14 heavy (non-hydrogen) atoms. The number of carboxylic acids is 1. The van der Waals surface area contributed by atoms with Gasteiger partial charge in [0, 0.05) is 6.20 Å². The van der Waals surface area contributed by atoms with Crippen LogP contribution in [0.2, 0.25) is 10.2 Å². The van der Waals surface area contributed by atoms with Crippen LogP contribution in [0.25, 0.3) is 0 Å². The Bertz CT molecular complexity index is 357. The van der Waals surface area contributed by atoms with Crippen molar-refractivity contribution >= 4 is 29.2 Å². The number of nitrogens with zero attached hydrogens (tertiary/aromatic N) is 1. The van der Waals surface area contributed by atoms with Gasteiger partial charge in [0.05, 0.1) is 5.02 Å². The summed E-state index contributed by atoms with van der Waals surface area (Å²) in [6.45, 7) is 0. The monoisotopic (exact) mass is 234 g/mol. The first-order valence-corrected chi connectivity index (χ1v) is 4.55. The summed E-state index contributed by atoms with van der Waals surface area (Å²) in [5.41, 5.74) is 5.93. The molecular weight excluding hydrogens is 227 g/mol. The lowest BCUT2D eigenvalue weighted by atomic mass is 10.1. The predicted molar refractivity (Wildman–Crippen MR) is 53.6 cm³/mol. The average Bonchev–Trinajstić information content (AvgIpc) is 2.12. The first-order valence-electron chi connectivity index (χ1n) is 3.79. The Morgan fingerprint density at radius 1 is 1.64 bits per heavy atom. The first-order chi connectivity index (χ1) is 6.52. The van der Waals surface area contributed by atoms with Crippen LogP contribution >= 0.6 is 23.2 Å². The maximum atomic E-state index is 10.5. The highest BCUT2D eigenvalue weighted by molar-refractivity contribution is 6.41. The van der Waals surface area contributed by atoms with Gasteiger partial charge in [0.1, 0.15) is 11.2 Å². The highest BCUT2D eigenvalue weighted by atomic mass is 35.5. The van der Waals surface area contributed by atoms with Gasteiger partial charge in [-0.3, -0.25) is 4.79 Å². The van der Waals surface area contributed by atoms with Crippen molar-refractivity contribution in [2.45, 2.75) is 12.5 Å². The van der Waals surface area contributed by atoms with Gasteiger partial charge < -0.3 is 10.8 Å². The molecule has 76 valence electrons. The molecule has 0 saturated heterocycles. The number of halogens is 2. The van der Waals surface area contributed by atoms with E-state index in [-0.39, 0.29) is 16.6 Å². The second kappa shape index (κ2) is 4.59. The number of pyridine rings is 1. The first kappa shape index (κ1) is 11.2. The SMILES string of the molecule is NC(Cc1ccnc(Cl)c1Cl)C(=O)O. The molecule has 3 N–H and O–H groups in total. The van der Waals surface area contributed by atoms with E-state index in [2.05, 4.69) is 4.98 Å². The molecule has 0 spiro atoms. The van der Waals surface area contributed by atoms with Crippen molar-refractivity contribution in [1.29, 1.82) is 0 Å². The lowest BCUT2D eigenvalue weighted by molar-refractivity contribution is -0.138. The summed E-state index contributed by atoms with van der Waals surface area (Å²) in [6, 6.07) is 0.614. The molecule has 0 aliphatic carbocycles. The Balaban J connectivity index is 2.87. The molecule has 1 unspecified atom stereocenters. The third-order valence-electron chi connectivity index (χ3n) is 1.68. The molecular formula is C8H8Cl2N2O2. The smallest absolute Gasteiger partial charge is 0.320 e. The highest BCUT2D eigenvalue weighted by Crippen LogP contribution is 2.23. The van der Waals surface area contributed by atoms with Crippen molar-refractivity contribution in [3.8, 4) is 0 Å². The highest BCUT2D eigenvalue weighted by Gasteiger charge is 2.15. The van der Waals surface area contributed by atoms with Gasteiger partial charge in [0.25, 0.3) is 0 Å². The number of hydrogen-bond donors (Lipinski definition) is 2. The van der Waals surface area contributed by atoms with Crippen LogP contribution in [-0.2, 0) is 11.2 Å². The molecule has 0 aliphatic rings. The topological polar surface area (TPSA) is 76.2 Å². The molecule has 1 aromatic rings. The number of carboxylic acid groups (broad SMARTS) is 1.